The zero-order valence-corrected chi connectivity index (χ0v) is 5.86. The van der Waals surface area contributed by atoms with Gasteiger partial charge < -0.3 is 10.4 Å². The Labute approximate surface area is 59.7 Å². The largest absolute Gasteiger partial charge is 0.389 e. The molecular weight excluding hydrogens is 133 g/mol. The first kappa shape index (κ1) is 7.69. The number of rotatable bonds is 1. The minimum absolute atomic E-state index is 0.354. The van der Waals surface area contributed by atoms with Crippen molar-refractivity contribution in [2.75, 3.05) is 19.7 Å². The molecule has 0 radical (unpaired) electrons. The Morgan fingerprint density at radius 2 is 2.50 bits per heavy atom. The molecule has 1 heterocycles. The Hall–Kier alpha value is -0.410. The highest BCUT2D eigenvalue weighted by Gasteiger charge is 2.08. The predicted molar refractivity (Wildman–Crippen MR) is 37.3 cm³/mol. The fourth-order valence-electron chi connectivity index (χ4n) is 1.10. The van der Waals surface area contributed by atoms with E-state index in [0.29, 0.717) is 6.54 Å². The van der Waals surface area contributed by atoms with E-state index in [1.165, 1.54) is 0 Å². The van der Waals surface area contributed by atoms with Crippen LogP contribution in [-0.2, 0) is 0 Å². The van der Waals surface area contributed by atoms with Gasteiger partial charge in [0, 0.05) is 6.54 Å². The molecule has 0 aromatic carbocycles. The van der Waals surface area contributed by atoms with Crippen molar-refractivity contribution in [1.82, 2.24) is 5.32 Å². The Morgan fingerprint density at radius 1 is 1.70 bits per heavy atom. The predicted octanol–water partition coefficient (Wildman–Crippen LogP) is 0.586. The SMILES string of the molecule is OC/C(F)=C1\CCCNC1. The standard InChI is InChI=1S/C7H12FNO/c8-7(5-10)6-2-1-3-9-4-6/h9-10H,1-5H2/b7-6-. The topological polar surface area (TPSA) is 32.3 Å². The normalized spacial score (nSPS) is 24.6. The van der Waals surface area contributed by atoms with Gasteiger partial charge in [-0.3, -0.25) is 0 Å². The van der Waals surface area contributed by atoms with Crippen LogP contribution in [0.3, 0.4) is 0 Å². The molecule has 2 nitrogen and oxygen atoms in total. The quantitative estimate of drug-likeness (QED) is 0.566. The van der Waals surface area contributed by atoms with Crippen LogP contribution in [0.25, 0.3) is 0 Å². The molecular formula is C7H12FNO. The first-order valence-corrected chi connectivity index (χ1v) is 3.52. The third kappa shape index (κ3) is 1.78. The number of hydrogen-bond donors (Lipinski definition) is 2. The van der Waals surface area contributed by atoms with Gasteiger partial charge in [0.15, 0.2) is 0 Å². The average Bonchev–Trinajstić information content (AvgIpc) is 2.05. The minimum Gasteiger partial charge on any atom is -0.389 e. The summed E-state index contributed by atoms with van der Waals surface area (Å²) in [7, 11) is 0. The molecule has 2 N–H and O–H groups in total. The van der Waals surface area contributed by atoms with Crippen molar-refractivity contribution < 1.29 is 9.50 Å². The third-order valence-corrected chi connectivity index (χ3v) is 1.69. The van der Waals surface area contributed by atoms with Crippen molar-refractivity contribution >= 4 is 0 Å². The molecule has 0 aliphatic carbocycles. The highest BCUT2D eigenvalue weighted by molar-refractivity contribution is 5.11. The monoisotopic (exact) mass is 145 g/mol. The molecule has 0 amide bonds. The molecule has 0 unspecified atom stereocenters. The molecule has 0 spiro atoms. The maximum Gasteiger partial charge on any atom is 0.126 e. The van der Waals surface area contributed by atoms with Gasteiger partial charge in [0.2, 0.25) is 0 Å². The van der Waals surface area contributed by atoms with Gasteiger partial charge in [-0.15, -0.1) is 0 Å². The van der Waals surface area contributed by atoms with Crippen molar-refractivity contribution in [3.05, 3.63) is 11.4 Å². The first-order valence-electron chi connectivity index (χ1n) is 3.52. The number of aliphatic hydroxyl groups excluding tert-OH is 1. The van der Waals surface area contributed by atoms with Crippen molar-refractivity contribution in [2.24, 2.45) is 0 Å². The van der Waals surface area contributed by atoms with E-state index in [0.717, 1.165) is 25.0 Å². The summed E-state index contributed by atoms with van der Waals surface area (Å²) in [6, 6.07) is 0. The molecule has 1 saturated heterocycles. The Bertz CT molecular complexity index is 137. The number of hydrogen-bond acceptors (Lipinski definition) is 2. The van der Waals surface area contributed by atoms with Gasteiger partial charge in [-0.05, 0) is 25.0 Å². The van der Waals surface area contributed by atoms with Gasteiger partial charge in [0.1, 0.15) is 5.83 Å². The maximum atomic E-state index is 12.6. The van der Waals surface area contributed by atoms with Crippen molar-refractivity contribution in [1.29, 1.82) is 0 Å². The van der Waals surface area contributed by atoms with Crippen molar-refractivity contribution in [3.63, 3.8) is 0 Å². The van der Waals surface area contributed by atoms with Crippen LogP contribution in [0.5, 0.6) is 0 Å². The smallest absolute Gasteiger partial charge is 0.126 e. The average molecular weight is 145 g/mol. The minimum atomic E-state index is -0.447. The second kappa shape index (κ2) is 3.68. The van der Waals surface area contributed by atoms with Crippen LogP contribution in [0.4, 0.5) is 4.39 Å². The third-order valence-electron chi connectivity index (χ3n) is 1.69. The molecule has 1 aliphatic heterocycles. The highest BCUT2D eigenvalue weighted by Crippen LogP contribution is 2.13. The summed E-state index contributed by atoms with van der Waals surface area (Å²) < 4.78 is 12.6. The van der Waals surface area contributed by atoms with Crippen LogP contribution in [0, 0.1) is 0 Å². The van der Waals surface area contributed by atoms with E-state index >= 15 is 0 Å². The number of nitrogens with one attached hydrogen (secondary N) is 1. The highest BCUT2D eigenvalue weighted by atomic mass is 19.1. The maximum absolute atomic E-state index is 12.6. The summed E-state index contributed by atoms with van der Waals surface area (Å²) in [5.74, 6) is -0.354. The van der Waals surface area contributed by atoms with Gasteiger partial charge in [-0.1, -0.05) is 0 Å². The summed E-state index contributed by atoms with van der Waals surface area (Å²) in [6.45, 7) is 1.12. The molecule has 1 fully saturated rings. The second-order valence-corrected chi connectivity index (χ2v) is 2.45. The molecule has 58 valence electrons. The molecule has 1 rings (SSSR count). The molecule has 10 heavy (non-hydrogen) atoms. The Balaban J connectivity index is 2.51. The number of halogens is 1. The lowest BCUT2D eigenvalue weighted by Gasteiger charge is -2.15. The lowest BCUT2D eigenvalue weighted by atomic mass is 10.1. The fourth-order valence-corrected chi connectivity index (χ4v) is 1.10. The molecule has 0 aromatic rings. The van der Waals surface area contributed by atoms with Gasteiger partial charge >= 0.3 is 0 Å². The molecule has 0 aromatic heterocycles. The number of piperidine rings is 1. The molecule has 3 heteroatoms. The van der Waals surface area contributed by atoms with Gasteiger partial charge in [0.05, 0.1) is 6.61 Å². The van der Waals surface area contributed by atoms with Crippen LogP contribution < -0.4 is 5.32 Å². The van der Waals surface area contributed by atoms with E-state index in [9.17, 15) is 4.39 Å². The van der Waals surface area contributed by atoms with Gasteiger partial charge in [0.25, 0.3) is 0 Å². The molecule has 0 bridgehead atoms. The van der Waals surface area contributed by atoms with E-state index in [-0.39, 0.29) is 5.83 Å². The molecule has 0 atom stereocenters. The molecule has 0 saturated carbocycles. The number of aliphatic hydroxyl groups is 1. The zero-order chi connectivity index (χ0) is 7.40. The summed E-state index contributed by atoms with van der Waals surface area (Å²) in [5.41, 5.74) is 0.730. The first-order chi connectivity index (χ1) is 4.84. The van der Waals surface area contributed by atoms with Crippen molar-refractivity contribution in [3.8, 4) is 0 Å². The van der Waals surface area contributed by atoms with Gasteiger partial charge in [-0.25, -0.2) is 4.39 Å². The van der Waals surface area contributed by atoms with Crippen LogP contribution in [0.15, 0.2) is 11.4 Å². The summed E-state index contributed by atoms with van der Waals surface area (Å²) in [4.78, 5) is 0. The summed E-state index contributed by atoms with van der Waals surface area (Å²) >= 11 is 0. The lowest BCUT2D eigenvalue weighted by molar-refractivity contribution is 0.293. The van der Waals surface area contributed by atoms with E-state index in [4.69, 9.17) is 5.11 Å². The van der Waals surface area contributed by atoms with Crippen LogP contribution in [0.2, 0.25) is 0 Å². The van der Waals surface area contributed by atoms with E-state index < -0.39 is 6.61 Å². The van der Waals surface area contributed by atoms with E-state index in [1.54, 1.807) is 0 Å². The Kier molecular flexibility index (Phi) is 2.83. The van der Waals surface area contributed by atoms with E-state index in [1.807, 2.05) is 0 Å². The lowest BCUT2D eigenvalue weighted by Crippen LogP contribution is -2.24. The summed E-state index contributed by atoms with van der Waals surface area (Å²) in [6.07, 6.45) is 1.77. The zero-order valence-electron chi connectivity index (χ0n) is 5.86. The van der Waals surface area contributed by atoms with Crippen LogP contribution in [0.1, 0.15) is 12.8 Å². The fraction of sp³-hybridized carbons (Fsp3) is 0.714. The Morgan fingerprint density at radius 3 is 3.00 bits per heavy atom. The van der Waals surface area contributed by atoms with E-state index in [2.05, 4.69) is 5.32 Å². The van der Waals surface area contributed by atoms with Crippen molar-refractivity contribution in [2.45, 2.75) is 12.8 Å². The summed E-state index contributed by atoms with van der Waals surface area (Å²) in [5, 5.41) is 11.5. The second-order valence-electron chi connectivity index (χ2n) is 2.45. The van der Waals surface area contributed by atoms with Crippen LogP contribution >= 0.6 is 0 Å². The van der Waals surface area contributed by atoms with Gasteiger partial charge in [-0.2, -0.15) is 0 Å². The van der Waals surface area contributed by atoms with Crippen LogP contribution in [-0.4, -0.2) is 24.8 Å². The molecule has 1 aliphatic rings.